The van der Waals surface area contributed by atoms with Crippen LogP contribution in [-0.4, -0.2) is 45.8 Å². The van der Waals surface area contributed by atoms with Gasteiger partial charge in [-0.25, -0.2) is 9.97 Å². The number of thioether (sulfide) groups is 1. The van der Waals surface area contributed by atoms with Gasteiger partial charge in [-0.15, -0.1) is 0 Å². The third-order valence-electron chi connectivity index (χ3n) is 3.22. The zero-order valence-electron chi connectivity index (χ0n) is 13.5. The van der Waals surface area contributed by atoms with Gasteiger partial charge in [0.15, 0.2) is 0 Å². The minimum atomic E-state index is 0.147. The first kappa shape index (κ1) is 18.0. The van der Waals surface area contributed by atoms with E-state index >= 15 is 0 Å². The molecule has 0 aliphatic carbocycles. The van der Waals surface area contributed by atoms with E-state index in [0.717, 1.165) is 43.3 Å². The number of hydrogen-bond acceptors (Lipinski definition) is 6. The molecule has 5 nitrogen and oxygen atoms in total. The predicted octanol–water partition coefficient (Wildman–Crippen LogP) is 2.78. The van der Waals surface area contributed by atoms with Crippen molar-refractivity contribution < 1.29 is 5.11 Å². The van der Waals surface area contributed by atoms with Gasteiger partial charge in [0.25, 0.3) is 0 Å². The molecule has 120 valence electrons. The van der Waals surface area contributed by atoms with Gasteiger partial charge < -0.3 is 15.7 Å². The maximum Gasteiger partial charge on any atom is 0.133 e. The van der Waals surface area contributed by atoms with Crippen LogP contribution in [0.25, 0.3) is 0 Å². The largest absolute Gasteiger partial charge is 0.395 e. The Morgan fingerprint density at radius 1 is 1.24 bits per heavy atom. The molecule has 21 heavy (non-hydrogen) atoms. The highest BCUT2D eigenvalue weighted by molar-refractivity contribution is 7.99. The lowest BCUT2D eigenvalue weighted by molar-refractivity contribution is 0.288. The van der Waals surface area contributed by atoms with E-state index in [0.29, 0.717) is 0 Å². The Morgan fingerprint density at radius 3 is 2.52 bits per heavy atom. The highest BCUT2D eigenvalue weighted by Crippen LogP contribution is 2.18. The molecule has 1 heterocycles. The summed E-state index contributed by atoms with van der Waals surface area (Å²) in [6.45, 7) is 7.39. The average Bonchev–Trinajstić information content (AvgIpc) is 2.46. The second-order valence-electron chi connectivity index (χ2n) is 5.12. The molecule has 1 aromatic rings. The molecule has 6 heteroatoms. The molecular formula is C15H28N4OS. The standard InChI is InChI=1S/C15H28N4OS/c1-5-7-13-18-14(16-8-6-2)9-15(19-13)17-11(3)12(10-20)21-4/h9,11-12,20H,5-8,10H2,1-4H3,(H2,16,17,18,19). The van der Waals surface area contributed by atoms with Crippen molar-refractivity contribution in [3.05, 3.63) is 11.9 Å². The number of rotatable bonds is 10. The number of hydrogen-bond donors (Lipinski definition) is 3. The average molecular weight is 312 g/mol. The zero-order chi connectivity index (χ0) is 15.7. The first-order valence-corrected chi connectivity index (χ1v) is 8.95. The van der Waals surface area contributed by atoms with Crippen LogP contribution in [0.15, 0.2) is 6.07 Å². The number of aromatic nitrogens is 2. The van der Waals surface area contributed by atoms with Crippen molar-refractivity contribution in [2.75, 3.05) is 30.0 Å². The number of aryl methyl sites for hydroxylation is 1. The summed E-state index contributed by atoms with van der Waals surface area (Å²) in [5, 5.41) is 16.2. The van der Waals surface area contributed by atoms with Crippen LogP contribution in [0.3, 0.4) is 0 Å². The predicted molar refractivity (Wildman–Crippen MR) is 92.3 cm³/mol. The Morgan fingerprint density at radius 2 is 1.95 bits per heavy atom. The summed E-state index contributed by atoms with van der Waals surface area (Å²) in [6.07, 6.45) is 4.97. The van der Waals surface area contributed by atoms with Gasteiger partial charge in [0.05, 0.1) is 6.61 Å². The van der Waals surface area contributed by atoms with E-state index in [-0.39, 0.29) is 17.9 Å². The SMILES string of the molecule is CCCNc1cc(NC(C)C(CO)SC)nc(CCC)n1. The number of nitrogens with zero attached hydrogens (tertiary/aromatic N) is 2. The van der Waals surface area contributed by atoms with Crippen molar-refractivity contribution in [1.29, 1.82) is 0 Å². The van der Waals surface area contributed by atoms with Gasteiger partial charge in [0, 0.05) is 30.3 Å². The Labute approximate surface area is 132 Å². The summed E-state index contributed by atoms with van der Waals surface area (Å²) in [7, 11) is 0. The second kappa shape index (κ2) is 9.84. The molecule has 0 aliphatic heterocycles. The normalized spacial score (nSPS) is 13.8. The van der Waals surface area contributed by atoms with Crippen LogP contribution in [0.1, 0.15) is 39.4 Å². The molecule has 0 amide bonds. The molecule has 0 saturated heterocycles. The van der Waals surface area contributed by atoms with E-state index in [2.05, 4.69) is 41.4 Å². The summed E-state index contributed by atoms with van der Waals surface area (Å²) in [5.41, 5.74) is 0. The Kier molecular flexibility index (Phi) is 8.45. The number of anilines is 2. The van der Waals surface area contributed by atoms with Crippen molar-refractivity contribution in [3.63, 3.8) is 0 Å². The van der Waals surface area contributed by atoms with Crippen LogP contribution in [0.2, 0.25) is 0 Å². The van der Waals surface area contributed by atoms with Crippen LogP contribution in [0.4, 0.5) is 11.6 Å². The molecular weight excluding hydrogens is 284 g/mol. The van der Waals surface area contributed by atoms with Crippen molar-refractivity contribution in [2.45, 2.75) is 51.3 Å². The maximum absolute atomic E-state index is 9.38. The lowest BCUT2D eigenvalue weighted by Crippen LogP contribution is -2.31. The fourth-order valence-corrected chi connectivity index (χ4v) is 2.64. The molecule has 0 saturated carbocycles. The highest BCUT2D eigenvalue weighted by atomic mass is 32.2. The number of aliphatic hydroxyl groups is 1. The smallest absolute Gasteiger partial charge is 0.133 e. The first-order valence-electron chi connectivity index (χ1n) is 7.66. The summed E-state index contributed by atoms with van der Waals surface area (Å²) in [5.74, 6) is 2.56. The summed E-state index contributed by atoms with van der Waals surface area (Å²) >= 11 is 1.66. The zero-order valence-corrected chi connectivity index (χ0v) is 14.3. The topological polar surface area (TPSA) is 70.1 Å². The van der Waals surface area contributed by atoms with Crippen molar-refractivity contribution in [2.24, 2.45) is 0 Å². The Bertz CT molecular complexity index is 413. The molecule has 0 fully saturated rings. The van der Waals surface area contributed by atoms with Crippen molar-refractivity contribution in [1.82, 2.24) is 9.97 Å². The van der Waals surface area contributed by atoms with Gasteiger partial charge in [-0.1, -0.05) is 13.8 Å². The van der Waals surface area contributed by atoms with Crippen LogP contribution in [0, 0.1) is 0 Å². The molecule has 0 spiro atoms. The van der Waals surface area contributed by atoms with Crippen molar-refractivity contribution in [3.8, 4) is 0 Å². The van der Waals surface area contributed by atoms with E-state index in [1.54, 1.807) is 11.8 Å². The minimum Gasteiger partial charge on any atom is -0.395 e. The number of aliphatic hydroxyl groups excluding tert-OH is 1. The van der Waals surface area contributed by atoms with E-state index in [9.17, 15) is 5.11 Å². The fraction of sp³-hybridized carbons (Fsp3) is 0.733. The maximum atomic E-state index is 9.38. The van der Waals surface area contributed by atoms with E-state index in [4.69, 9.17) is 0 Å². The molecule has 0 radical (unpaired) electrons. The molecule has 0 aliphatic rings. The van der Waals surface area contributed by atoms with Crippen LogP contribution < -0.4 is 10.6 Å². The van der Waals surface area contributed by atoms with E-state index in [1.165, 1.54) is 0 Å². The minimum absolute atomic E-state index is 0.147. The molecule has 1 rings (SSSR count). The van der Waals surface area contributed by atoms with Gasteiger partial charge >= 0.3 is 0 Å². The highest BCUT2D eigenvalue weighted by Gasteiger charge is 2.16. The Balaban J connectivity index is 2.85. The lowest BCUT2D eigenvalue weighted by Gasteiger charge is -2.22. The third kappa shape index (κ3) is 6.09. The summed E-state index contributed by atoms with van der Waals surface area (Å²) in [6, 6.07) is 2.09. The lowest BCUT2D eigenvalue weighted by atomic mass is 10.2. The summed E-state index contributed by atoms with van der Waals surface area (Å²) in [4.78, 5) is 9.11. The molecule has 1 aromatic heterocycles. The summed E-state index contributed by atoms with van der Waals surface area (Å²) < 4.78 is 0. The molecule has 3 N–H and O–H groups in total. The van der Waals surface area contributed by atoms with Crippen LogP contribution >= 0.6 is 11.8 Å². The fourth-order valence-electron chi connectivity index (χ4n) is 2.01. The van der Waals surface area contributed by atoms with Gasteiger partial charge in [-0.05, 0) is 26.0 Å². The van der Waals surface area contributed by atoms with Crippen LogP contribution in [-0.2, 0) is 6.42 Å². The molecule has 2 atom stereocenters. The van der Waals surface area contributed by atoms with Gasteiger partial charge in [0.1, 0.15) is 17.5 Å². The van der Waals surface area contributed by atoms with Gasteiger partial charge in [-0.2, -0.15) is 11.8 Å². The second-order valence-corrected chi connectivity index (χ2v) is 6.20. The molecule has 2 unspecified atom stereocenters. The first-order chi connectivity index (χ1) is 10.1. The number of nitrogens with one attached hydrogen (secondary N) is 2. The van der Waals surface area contributed by atoms with Gasteiger partial charge in [-0.3, -0.25) is 0 Å². The van der Waals surface area contributed by atoms with E-state index < -0.39 is 0 Å². The van der Waals surface area contributed by atoms with Crippen LogP contribution in [0.5, 0.6) is 0 Å². The molecule has 0 bridgehead atoms. The quantitative estimate of drug-likeness (QED) is 0.617. The van der Waals surface area contributed by atoms with Crippen molar-refractivity contribution >= 4 is 23.4 Å². The third-order valence-corrected chi connectivity index (χ3v) is 4.38. The molecule has 0 aromatic carbocycles. The van der Waals surface area contributed by atoms with E-state index in [1.807, 2.05) is 12.3 Å². The Hall–Kier alpha value is -1.01. The van der Waals surface area contributed by atoms with Gasteiger partial charge in [0.2, 0.25) is 0 Å². The monoisotopic (exact) mass is 312 g/mol.